The minimum absolute atomic E-state index is 0.119. The van der Waals surface area contributed by atoms with Crippen LogP contribution in [0.25, 0.3) is 0 Å². The minimum Gasteiger partial charge on any atom is -0.507 e. The van der Waals surface area contributed by atoms with Gasteiger partial charge in [0.15, 0.2) is 17.3 Å². The van der Waals surface area contributed by atoms with Crippen molar-refractivity contribution in [1.29, 1.82) is 0 Å². The molecule has 6 heteroatoms. The van der Waals surface area contributed by atoms with Gasteiger partial charge in [-0.2, -0.15) is 0 Å². The molecule has 2 aliphatic rings. The number of rotatable bonds is 5. The molecule has 1 saturated heterocycles. The van der Waals surface area contributed by atoms with Gasteiger partial charge in [0.2, 0.25) is 0 Å². The molecular formula is C23H27N2O4+. The topological polar surface area (TPSA) is 86.6 Å². The molecule has 0 saturated carbocycles. The van der Waals surface area contributed by atoms with Crippen molar-refractivity contribution in [1.82, 2.24) is 0 Å². The fraction of sp³-hybridized carbons (Fsp3) is 0.391. The Morgan fingerprint density at radius 2 is 1.59 bits per heavy atom. The zero-order chi connectivity index (χ0) is 20.6. The molecule has 0 amide bonds. The fourth-order valence-corrected chi connectivity index (χ4v) is 4.58. The van der Waals surface area contributed by atoms with Crippen LogP contribution in [-0.2, 0) is 0 Å². The SMILES string of the molecule is C[N+]1(CCCNc2cc(O)c3c(c2O)C(=O)c2ccccc2C3=O)CCCCC1. The molecule has 6 nitrogen and oxygen atoms in total. The number of aromatic hydroxyl groups is 2. The number of piperidine rings is 1. The number of quaternary nitrogens is 1. The van der Waals surface area contributed by atoms with Gasteiger partial charge in [-0.05, 0) is 19.3 Å². The van der Waals surface area contributed by atoms with Crippen LogP contribution < -0.4 is 5.32 Å². The highest BCUT2D eigenvalue weighted by Crippen LogP contribution is 2.42. The van der Waals surface area contributed by atoms with Gasteiger partial charge in [-0.15, -0.1) is 0 Å². The van der Waals surface area contributed by atoms with E-state index in [-0.39, 0.29) is 39.4 Å². The number of nitrogens with one attached hydrogen (secondary N) is 1. The van der Waals surface area contributed by atoms with E-state index < -0.39 is 11.6 Å². The van der Waals surface area contributed by atoms with Crippen molar-refractivity contribution in [3.05, 3.63) is 52.6 Å². The van der Waals surface area contributed by atoms with E-state index in [9.17, 15) is 19.8 Å². The summed E-state index contributed by atoms with van der Waals surface area (Å²) in [6.07, 6.45) is 4.75. The van der Waals surface area contributed by atoms with E-state index in [1.54, 1.807) is 24.3 Å². The number of anilines is 1. The Labute approximate surface area is 170 Å². The number of hydrogen-bond donors (Lipinski definition) is 3. The Morgan fingerprint density at radius 1 is 0.966 bits per heavy atom. The summed E-state index contributed by atoms with van der Waals surface area (Å²) < 4.78 is 1.06. The zero-order valence-corrected chi connectivity index (χ0v) is 16.7. The first kappa shape index (κ1) is 19.5. The Bertz CT molecular complexity index is 977. The summed E-state index contributed by atoms with van der Waals surface area (Å²) in [6.45, 7) is 4.04. The maximum atomic E-state index is 12.9. The lowest BCUT2D eigenvalue weighted by atomic mass is 9.82. The average Bonchev–Trinajstić information content (AvgIpc) is 2.72. The van der Waals surface area contributed by atoms with E-state index in [0.717, 1.165) is 17.4 Å². The van der Waals surface area contributed by atoms with Crippen molar-refractivity contribution in [3.8, 4) is 11.5 Å². The van der Waals surface area contributed by atoms with E-state index in [2.05, 4.69) is 12.4 Å². The number of ketones is 2. The molecule has 0 spiro atoms. The third kappa shape index (κ3) is 3.49. The van der Waals surface area contributed by atoms with Crippen molar-refractivity contribution in [3.63, 3.8) is 0 Å². The fourth-order valence-electron chi connectivity index (χ4n) is 4.58. The quantitative estimate of drug-likeness (QED) is 0.267. The van der Waals surface area contributed by atoms with Gasteiger partial charge in [0.25, 0.3) is 0 Å². The Balaban J connectivity index is 1.54. The number of phenolic OH excluding ortho intramolecular Hbond substituents is 2. The first-order valence-corrected chi connectivity index (χ1v) is 10.3. The number of fused-ring (bicyclic) bond motifs is 2. The number of carbonyl (C=O) groups excluding carboxylic acids is 2. The molecule has 1 heterocycles. The van der Waals surface area contributed by atoms with Crippen LogP contribution >= 0.6 is 0 Å². The van der Waals surface area contributed by atoms with Gasteiger partial charge >= 0.3 is 0 Å². The first-order chi connectivity index (χ1) is 13.9. The number of benzene rings is 2. The molecular weight excluding hydrogens is 368 g/mol. The average molecular weight is 395 g/mol. The van der Waals surface area contributed by atoms with E-state index in [1.165, 1.54) is 38.4 Å². The maximum absolute atomic E-state index is 12.9. The van der Waals surface area contributed by atoms with E-state index in [1.807, 2.05) is 0 Å². The lowest BCUT2D eigenvalue weighted by Gasteiger charge is -2.37. The highest BCUT2D eigenvalue weighted by Gasteiger charge is 2.35. The van der Waals surface area contributed by atoms with Crippen LogP contribution in [0.1, 0.15) is 57.5 Å². The molecule has 1 fully saturated rings. The molecule has 1 aliphatic carbocycles. The van der Waals surface area contributed by atoms with Crippen molar-refractivity contribution in [2.45, 2.75) is 25.7 Å². The predicted octanol–water partition coefficient (Wildman–Crippen LogP) is 3.31. The molecule has 0 unspecified atom stereocenters. The van der Waals surface area contributed by atoms with Crippen LogP contribution in [0.4, 0.5) is 5.69 Å². The van der Waals surface area contributed by atoms with Gasteiger partial charge in [-0.25, -0.2) is 0 Å². The summed E-state index contributed by atoms with van der Waals surface area (Å²) in [5, 5.41) is 24.3. The smallest absolute Gasteiger partial charge is 0.198 e. The molecule has 0 radical (unpaired) electrons. The molecule has 4 rings (SSSR count). The lowest BCUT2D eigenvalue weighted by Crippen LogP contribution is -2.48. The van der Waals surface area contributed by atoms with Crippen molar-refractivity contribution in [2.75, 3.05) is 38.5 Å². The molecule has 29 heavy (non-hydrogen) atoms. The summed E-state index contributed by atoms with van der Waals surface area (Å²) in [6, 6.07) is 7.82. The van der Waals surface area contributed by atoms with E-state index in [4.69, 9.17) is 0 Å². The van der Waals surface area contributed by atoms with E-state index >= 15 is 0 Å². The van der Waals surface area contributed by atoms with Crippen molar-refractivity contribution in [2.24, 2.45) is 0 Å². The molecule has 2 aromatic carbocycles. The van der Waals surface area contributed by atoms with Gasteiger partial charge in [-0.3, -0.25) is 9.59 Å². The number of nitrogens with zero attached hydrogens (tertiary/aromatic N) is 1. The monoisotopic (exact) mass is 395 g/mol. The second-order valence-corrected chi connectivity index (χ2v) is 8.38. The first-order valence-electron chi connectivity index (χ1n) is 10.3. The highest BCUT2D eigenvalue weighted by molar-refractivity contribution is 6.30. The van der Waals surface area contributed by atoms with Crippen LogP contribution in [0.3, 0.4) is 0 Å². The molecule has 3 N–H and O–H groups in total. The second kappa shape index (κ2) is 7.52. The summed E-state index contributed by atoms with van der Waals surface area (Å²) in [7, 11) is 2.28. The third-order valence-corrected chi connectivity index (χ3v) is 6.24. The van der Waals surface area contributed by atoms with Crippen LogP contribution in [0.15, 0.2) is 30.3 Å². The Morgan fingerprint density at radius 3 is 2.24 bits per heavy atom. The number of likely N-dealkylation sites (tertiary alicyclic amines) is 1. The largest absolute Gasteiger partial charge is 0.507 e. The normalized spacial score (nSPS) is 17.6. The molecule has 1 aliphatic heterocycles. The van der Waals surface area contributed by atoms with Gasteiger partial charge < -0.3 is 20.0 Å². The van der Waals surface area contributed by atoms with E-state index in [0.29, 0.717) is 6.54 Å². The van der Waals surface area contributed by atoms with Crippen LogP contribution in [0.5, 0.6) is 11.5 Å². The van der Waals surface area contributed by atoms with Gasteiger partial charge in [0.1, 0.15) is 5.75 Å². The Hall–Kier alpha value is -2.86. The Kier molecular flexibility index (Phi) is 5.04. The summed E-state index contributed by atoms with van der Waals surface area (Å²) in [5.74, 6) is -1.46. The second-order valence-electron chi connectivity index (χ2n) is 8.38. The maximum Gasteiger partial charge on any atom is 0.198 e. The van der Waals surface area contributed by atoms with Crippen molar-refractivity contribution >= 4 is 17.3 Å². The number of hydrogen-bond acceptors (Lipinski definition) is 5. The summed E-state index contributed by atoms with van der Waals surface area (Å²) >= 11 is 0. The van der Waals surface area contributed by atoms with Gasteiger partial charge in [0.05, 0.1) is 43.5 Å². The summed E-state index contributed by atoms with van der Waals surface area (Å²) in [4.78, 5) is 25.7. The molecule has 152 valence electrons. The van der Waals surface area contributed by atoms with Crippen LogP contribution in [-0.4, -0.2) is 59.5 Å². The summed E-state index contributed by atoms with van der Waals surface area (Å²) in [5.41, 5.74) is 0.538. The van der Waals surface area contributed by atoms with Crippen LogP contribution in [0, 0.1) is 0 Å². The molecule has 0 aromatic heterocycles. The number of carbonyl (C=O) groups is 2. The van der Waals surface area contributed by atoms with Gasteiger partial charge in [-0.1, -0.05) is 24.3 Å². The highest BCUT2D eigenvalue weighted by atomic mass is 16.3. The van der Waals surface area contributed by atoms with Crippen LogP contribution in [0.2, 0.25) is 0 Å². The predicted molar refractivity (Wildman–Crippen MR) is 111 cm³/mol. The lowest BCUT2D eigenvalue weighted by molar-refractivity contribution is -0.914. The minimum atomic E-state index is -0.447. The third-order valence-electron chi connectivity index (χ3n) is 6.24. The van der Waals surface area contributed by atoms with Gasteiger partial charge in [0, 0.05) is 30.2 Å². The zero-order valence-electron chi connectivity index (χ0n) is 16.7. The number of phenols is 2. The van der Waals surface area contributed by atoms with Crippen molar-refractivity contribution < 1.29 is 24.3 Å². The molecule has 2 aromatic rings. The standard InChI is InChI=1S/C23H26N2O4/c1-25(11-5-2-6-12-25)13-7-10-24-17-14-18(26)19-20(23(17)29)22(28)16-9-4-3-8-15(16)21(19)27/h3-4,8-9,14H,2,5-7,10-13H2,1H3,(H2-,24,26,27,28,29)/p+1. The molecule has 0 atom stereocenters. The molecule has 0 bridgehead atoms.